The Labute approximate surface area is 189 Å². The van der Waals surface area contributed by atoms with E-state index in [0.717, 1.165) is 16.9 Å². The van der Waals surface area contributed by atoms with E-state index < -0.39 is 5.25 Å². The van der Waals surface area contributed by atoms with Crippen LogP contribution in [-0.2, 0) is 11.3 Å². The lowest BCUT2D eigenvalue weighted by Gasteiger charge is -2.33. The molecule has 8 nitrogen and oxygen atoms in total. The van der Waals surface area contributed by atoms with Crippen molar-refractivity contribution < 1.29 is 13.9 Å². The van der Waals surface area contributed by atoms with E-state index in [1.807, 2.05) is 65.3 Å². The van der Waals surface area contributed by atoms with Crippen molar-refractivity contribution >= 4 is 17.7 Å². The number of nitrogens with one attached hydrogen (secondary N) is 2. The second-order valence-corrected chi connectivity index (χ2v) is 8.33. The molecule has 3 heterocycles. The summed E-state index contributed by atoms with van der Waals surface area (Å²) in [6.45, 7) is 0.320. The van der Waals surface area contributed by atoms with Gasteiger partial charge >= 0.3 is 0 Å². The van der Waals surface area contributed by atoms with Crippen LogP contribution in [0.15, 0.2) is 82.6 Å². The Morgan fingerprint density at radius 2 is 1.94 bits per heavy atom. The van der Waals surface area contributed by atoms with Crippen molar-refractivity contribution in [3.05, 3.63) is 84.3 Å². The SMILES string of the molecule is COc1ccc([C@@H]2Nn3c(nnc3-c3ccccc3)S[C@H]2C(=O)NCc2ccco2)cc1. The summed E-state index contributed by atoms with van der Waals surface area (Å²) in [5.41, 5.74) is 5.36. The number of aromatic nitrogens is 3. The molecular formula is C23H21N5O3S. The van der Waals surface area contributed by atoms with E-state index in [9.17, 15) is 4.79 Å². The molecular weight excluding hydrogens is 426 g/mol. The van der Waals surface area contributed by atoms with Crippen LogP contribution < -0.4 is 15.5 Å². The summed E-state index contributed by atoms with van der Waals surface area (Å²) < 4.78 is 12.5. The second kappa shape index (κ2) is 8.80. The normalized spacial score (nSPS) is 17.3. The summed E-state index contributed by atoms with van der Waals surface area (Å²) in [6.07, 6.45) is 1.59. The molecule has 2 N–H and O–H groups in total. The van der Waals surface area contributed by atoms with E-state index in [1.165, 1.54) is 11.8 Å². The van der Waals surface area contributed by atoms with Gasteiger partial charge in [-0.15, -0.1) is 10.2 Å². The van der Waals surface area contributed by atoms with Crippen LogP contribution >= 0.6 is 11.8 Å². The van der Waals surface area contributed by atoms with Crippen LogP contribution in [0.3, 0.4) is 0 Å². The van der Waals surface area contributed by atoms with E-state index in [1.54, 1.807) is 19.4 Å². The van der Waals surface area contributed by atoms with E-state index in [4.69, 9.17) is 9.15 Å². The molecule has 4 aromatic rings. The number of amides is 1. The first-order valence-corrected chi connectivity index (χ1v) is 11.0. The number of hydrogen-bond donors (Lipinski definition) is 2. The lowest BCUT2D eigenvalue weighted by Crippen LogP contribution is -2.43. The van der Waals surface area contributed by atoms with Crippen molar-refractivity contribution in [2.24, 2.45) is 0 Å². The first-order valence-electron chi connectivity index (χ1n) is 10.1. The first kappa shape index (κ1) is 20.2. The maximum atomic E-state index is 13.2. The Bertz CT molecular complexity index is 1190. The van der Waals surface area contributed by atoms with Crippen LogP contribution in [0.4, 0.5) is 0 Å². The number of furan rings is 1. The quantitative estimate of drug-likeness (QED) is 0.466. The van der Waals surface area contributed by atoms with Gasteiger partial charge in [-0.05, 0) is 29.8 Å². The molecule has 32 heavy (non-hydrogen) atoms. The zero-order valence-electron chi connectivity index (χ0n) is 17.3. The van der Waals surface area contributed by atoms with Gasteiger partial charge in [-0.2, -0.15) is 0 Å². The Hall–Kier alpha value is -3.72. The average molecular weight is 448 g/mol. The van der Waals surface area contributed by atoms with Crippen LogP contribution in [0.2, 0.25) is 0 Å². The highest BCUT2D eigenvalue weighted by Gasteiger charge is 2.38. The monoisotopic (exact) mass is 447 g/mol. The molecule has 0 spiro atoms. The maximum Gasteiger partial charge on any atom is 0.236 e. The summed E-state index contributed by atoms with van der Waals surface area (Å²) in [5, 5.41) is 11.8. The molecule has 0 bridgehead atoms. The fourth-order valence-electron chi connectivity index (χ4n) is 3.58. The molecule has 2 aromatic heterocycles. The van der Waals surface area contributed by atoms with E-state index in [0.29, 0.717) is 23.3 Å². The van der Waals surface area contributed by atoms with Gasteiger partial charge in [0.05, 0.1) is 26.0 Å². The van der Waals surface area contributed by atoms with Crippen LogP contribution in [0.5, 0.6) is 5.75 Å². The number of carbonyl (C=O) groups is 1. The zero-order valence-corrected chi connectivity index (χ0v) is 18.1. The summed E-state index contributed by atoms with van der Waals surface area (Å²) in [7, 11) is 1.63. The van der Waals surface area contributed by atoms with Gasteiger partial charge in [-0.3, -0.25) is 4.79 Å². The second-order valence-electron chi connectivity index (χ2n) is 7.22. The fraction of sp³-hybridized carbons (Fsp3) is 0.174. The van der Waals surface area contributed by atoms with Crippen LogP contribution in [-0.4, -0.2) is 33.1 Å². The summed E-state index contributed by atoms with van der Waals surface area (Å²) in [4.78, 5) is 13.2. The van der Waals surface area contributed by atoms with Crippen molar-refractivity contribution in [1.82, 2.24) is 20.2 Å². The average Bonchev–Trinajstić information content (AvgIpc) is 3.52. The van der Waals surface area contributed by atoms with Crippen molar-refractivity contribution in [1.29, 1.82) is 0 Å². The molecule has 1 aliphatic rings. The standard InChI is InChI=1S/C23H21N5O3S/c1-30-17-11-9-15(10-12-17)19-20(22(29)24-14-18-8-5-13-31-18)32-23-26-25-21(28(23)27-19)16-6-3-2-4-7-16/h2-13,19-20,27H,14H2,1H3,(H,24,29)/t19-,20+/m0/s1. The molecule has 2 aromatic carbocycles. The number of thioether (sulfide) groups is 1. The molecule has 0 saturated heterocycles. The third kappa shape index (κ3) is 3.94. The van der Waals surface area contributed by atoms with Gasteiger partial charge in [0.25, 0.3) is 0 Å². The Morgan fingerprint density at radius 3 is 2.66 bits per heavy atom. The zero-order chi connectivity index (χ0) is 21.9. The highest BCUT2D eigenvalue weighted by Crippen LogP contribution is 2.38. The van der Waals surface area contributed by atoms with Gasteiger partial charge in [0.2, 0.25) is 11.1 Å². The number of ether oxygens (including phenoxy) is 1. The Balaban J connectivity index is 1.47. The van der Waals surface area contributed by atoms with E-state index in [2.05, 4.69) is 20.9 Å². The smallest absolute Gasteiger partial charge is 0.236 e. The predicted molar refractivity (Wildman–Crippen MR) is 121 cm³/mol. The summed E-state index contributed by atoms with van der Waals surface area (Å²) >= 11 is 1.38. The predicted octanol–water partition coefficient (Wildman–Crippen LogP) is 3.62. The van der Waals surface area contributed by atoms with Crippen LogP contribution in [0.1, 0.15) is 17.4 Å². The molecule has 1 amide bonds. The van der Waals surface area contributed by atoms with Crippen molar-refractivity contribution in [2.45, 2.75) is 23.0 Å². The number of rotatable bonds is 6. The molecule has 0 fully saturated rings. The van der Waals surface area contributed by atoms with Gasteiger partial charge in [0, 0.05) is 5.56 Å². The van der Waals surface area contributed by atoms with E-state index >= 15 is 0 Å². The van der Waals surface area contributed by atoms with Gasteiger partial charge in [-0.1, -0.05) is 54.2 Å². The molecule has 162 valence electrons. The molecule has 5 rings (SSSR count). The number of hydrogen-bond acceptors (Lipinski definition) is 7. The van der Waals surface area contributed by atoms with Crippen LogP contribution in [0.25, 0.3) is 11.4 Å². The Morgan fingerprint density at radius 1 is 1.12 bits per heavy atom. The third-order valence-electron chi connectivity index (χ3n) is 5.22. The summed E-state index contributed by atoms with van der Waals surface area (Å²) in [5.74, 6) is 2.03. The van der Waals surface area contributed by atoms with Crippen LogP contribution in [0, 0.1) is 0 Å². The van der Waals surface area contributed by atoms with Crippen molar-refractivity contribution in [3.8, 4) is 17.1 Å². The first-order chi connectivity index (χ1) is 15.7. The lowest BCUT2D eigenvalue weighted by molar-refractivity contribution is -0.121. The minimum atomic E-state index is -0.460. The largest absolute Gasteiger partial charge is 0.497 e. The molecule has 0 saturated carbocycles. The van der Waals surface area contributed by atoms with Gasteiger partial charge < -0.3 is 19.9 Å². The minimum absolute atomic E-state index is 0.116. The number of carbonyl (C=O) groups excluding carboxylic acids is 1. The highest BCUT2D eigenvalue weighted by atomic mass is 32.2. The van der Waals surface area contributed by atoms with Gasteiger partial charge in [0.1, 0.15) is 16.8 Å². The summed E-state index contributed by atoms with van der Waals surface area (Å²) in [6, 6.07) is 20.8. The molecule has 0 radical (unpaired) electrons. The minimum Gasteiger partial charge on any atom is -0.497 e. The van der Waals surface area contributed by atoms with Gasteiger partial charge in [0.15, 0.2) is 5.82 Å². The number of benzene rings is 2. The molecule has 0 aliphatic carbocycles. The number of nitrogens with zero attached hydrogens (tertiary/aromatic N) is 3. The third-order valence-corrected chi connectivity index (χ3v) is 6.43. The van der Waals surface area contributed by atoms with Crippen molar-refractivity contribution in [2.75, 3.05) is 12.5 Å². The van der Waals surface area contributed by atoms with Crippen molar-refractivity contribution in [3.63, 3.8) is 0 Å². The molecule has 2 atom stereocenters. The number of fused-ring (bicyclic) bond motifs is 1. The number of methoxy groups -OCH3 is 1. The molecule has 1 aliphatic heterocycles. The lowest BCUT2D eigenvalue weighted by atomic mass is 10.0. The maximum absolute atomic E-state index is 13.2. The Kier molecular flexibility index (Phi) is 5.55. The molecule has 9 heteroatoms. The topological polar surface area (TPSA) is 94.2 Å². The fourth-order valence-corrected chi connectivity index (χ4v) is 4.68. The van der Waals surface area contributed by atoms with Gasteiger partial charge in [-0.25, -0.2) is 4.68 Å². The molecule has 0 unspecified atom stereocenters. The van der Waals surface area contributed by atoms with E-state index in [-0.39, 0.29) is 11.9 Å². The highest BCUT2D eigenvalue weighted by molar-refractivity contribution is 8.00.